The van der Waals surface area contributed by atoms with Crippen LogP contribution in [0.3, 0.4) is 0 Å². The number of amides is 1. The average Bonchev–Trinajstić information content (AvgIpc) is 3.13. The molecule has 0 aliphatic heterocycles. The lowest BCUT2D eigenvalue weighted by Crippen LogP contribution is -2.27. The fraction of sp³-hybridized carbons (Fsp3) is 0.878. The van der Waals surface area contributed by atoms with E-state index in [-0.39, 0.29) is 24.2 Å². The molecule has 308 valence electrons. The van der Waals surface area contributed by atoms with Crippen LogP contribution in [0.15, 0.2) is 0 Å². The summed E-state index contributed by atoms with van der Waals surface area (Å²) in [5, 5.41) is 11.3. The molecule has 0 saturated heterocycles. The Bertz CT molecular complexity index is 794. The molecule has 0 fully saturated rings. The molecule has 0 spiro atoms. The van der Waals surface area contributed by atoms with Crippen LogP contribution in [0.2, 0.25) is 0 Å². The quantitative estimate of drug-likeness (QED) is 0.0588. The number of aliphatic carboxylic acids is 1. The zero-order valence-corrected chi connectivity index (χ0v) is 33.8. The monoisotopic (exact) mass is 746 g/mol. The van der Waals surface area contributed by atoms with E-state index >= 15 is 0 Å². The van der Waals surface area contributed by atoms with Crippen molar-refractivity contribution in [3.05, 3.63) is 0 Å². The molecule has 0 radical (unpaired) electrons. The zero-order valence-electron chi connectivity index (χ0n) is 33.8. The minimum Gasteiger partial charge on any atom is -0.481 e. The zero-order chi connectivity index (χ0) is 39.3. The second-order valence-corrected chi connectivity index (χ2v) is 13.5. The average molecular weight is 746 g/mol. The Kier molecular flexibility index (Phi) is 48.7. The maximum atomic E-state index is 11.7. The summed E-state index contributed by atoms with van der Waals surface area (Å²) >= 11 is 0. The first-order chi connectivity index (χ1) is 25.2. The van der Waals surface area contributed by atoms with Crippen LogP contribution in [-0.2, 0) is 42.9 Å². The molecule has 0 aliphatic rings. The number of nitrogens with one attached hydrogen (secondary N) is 1. The highest BCUT2D eigenvalue weighted by atomic mass is 16.5. The van der Waals surface area contributed by atoms with Gasteiger partial charge in [0.15, 0.2) is 5.78 Å². The first-order valence-corrected chi connectivity index (χ1v) is 20.3. The van der Waals surface area contributed by atoms with Crippen LogP contribution in [0.1, 0.15) is 168 Å². The van der Waals surface area contributed by atoms with Gasteiger partial charge in [-0.3, -0.25) is 19.2 Å². The van der Waals surface area contributed by atoms with E-state index in [0.717, 1.165) is 57.8 Å². The predicted octanol–water partition coefficient (Wildman–Crippen LogP) is 8.47. The fourth-order valence-corrected chi connectivity index (χ4v) is 5.10. The van der Waals surface area contributed by atoms with Gasteiger partial charge in [-0.1, -0.05) is 111 Å². The van der Waals surface area contributed by atoms with Gasteiger partial charge in [0.2, 0.25) is 5.91 Å². The molecule has 11 heteroatoms. The van der Waals surface area contributed by atoms with Crippen molar-refractivity contribution in [2.75, 3.05) is 59.9 Å². The van der Waals surface area contributed by atoms with Crippen LogP contribution in [0.5, 0.6) is 0 Å². The smallest absolute Gasteiger partial charge is 0.303 e. The topological polar surface area (TPSA) is 155 Å². The number of carbonyl (C=O) groups excluding carboxylic acids is 4. The highest BCUT2D eigenvalue weighted by Gasteiger charge is 2.06. The molecule has 0 saturated carbocycles. The van der Waals surface area contributed by atoms with Gasteiger partial charge < -0.3 is 34.2 Å². The summed E-state index contributed by atoms with van der Waals surface area (Å²) in [5.41, 5.74) is 0. The maximum Gasteiger partial charge on any atom is 0.303 e. The first-order valence-electron chi connectivity index (χ1n) is 20.3. The van der Waals surface area contributed by atoms with Crippen molar-refractivity contribution in [3.8, 4) is 0 Å². The van der Waals surface area contributed by atoms with Crippen molar-refractivity contribution in [2.24, 2.45) is 5.92 Å². The second-order valence-electron chi connectivity index (χ2n) is 13.5. The molecule has 0 aliphatic carbocycles. The number of hydrogen-bond donors (Lipinski definition) is 2. The number of hydrogen-bond acceptors (Lipinski definition) is 9. The summed E-state index contributed by atoms with van der Waals surface area (Å²) in [6, 6.07) is 0. The van der Waals surface area contributed by atoms with Crippen LogP contribution in [0, 0.1) is 5.92 Å². The molecule has 0 aromatic rings. The van der Waals surface area contributed by atoms with Crippen molar-refractivity contribution in [1.29, 1.82) is 0 Å². The SMILES string of the molecule is C=O.CC(C)C(=O)CCCCCCCCCCCCCCCCC(=O)O.CCCCC(=O)NCCOCCOCC(=O)CCCCCOCCOC. The van der Waals surface area contributed by atoms with Gasteiger partial charge in [0, 0.05) is 51.9 Å². The summed E-state index contributed by atoms with van der Waals surface area (Å²) in [7, 11) is 1.65. The molecular weight excluding hydrogens is 666 g/mol. The highest BCUT2D eigenvalue weighted by molar-refractivity contribution is 5.80. The van der Waals surface area contributed by atoms with Gasteiger partial charge in [-0.05, 0) is 32.1 Å². The van der Waals surface area contributed by atoms with Crippen molar-refractivity contribution in [1.82, 2.24) is 5.32 Å². The largest absolute Gasteiger partial charge is 0.481 e. The van der Waals surface area contributed by atoms with Gasteiger partial charge in [0.05, 0.1) is 33.0 Å². The molecule has 0 rings (SSSR count). The molecule has 0 atom stereocenters. The van der Waals surface area contributed by atoms with Crippen LogP contribution in [0.25, 0.3) is 0 Å². The van der Waals surface area contributed by atoms with Crippen molar-refractivity contribution in [3.63, 3.8) is 0 Å². The van der Waals surface area contributed by atoms with E-state index in [4.69, 9.17) is 28.8 Å². The lowest BCUT2D eigenvalue weighted by Gasteiger charge is -2.07. The van der Waals surface area contributed by atoms with Gasteiger partial charge in [-0.2, -0.15) is 0 Å². The van der Waals surface area contributed by atoms with E-state index in [1.54, 1.807) is 7.11 Å². The Hall–Kier alpha value is -2.21. The van der Waals surface area contributed by atoms with Crippen molar-refractivity contribution < 1.29 is 48.0 Å². The van der Waals surface area contributed by atoms with Crippen LogP contribution in [0.4, 0.5) is 0 Å². The number of ketones is 2. The third-order valence-corrected chi connectivity index (χ3v) is 8.34. The second kappa shape index (κ2) is 46.8. The summed E-state index contributed by atoms with van der Waals surface area (Å²) in [4.78, 5) is 52.9. The highest BCUT2D eigenvalue weighted by Crippen LogP contribution is 2.14. The van der Waals surface area contributed by atoms with Gasteiger partial charge in [-0.15, -0.1) is 0 Å². The predicted molar refractivity (Wildman–Crippen MR) is 209 cm³/mol. The molecule has 0 aromatic heterocycles. The number of unbranched alkanes of at least 4 members (excludes halogenated alkanes) is 16. The van der Waals surface area contributed by atoms with Crippen molar-refractivity contribution >= 4 is 30.2 Å². The number of carbonyl (C=O) groups is 5. The van der Waals surface area contributed by atoms with Gasteiger partial charge in [0.1, 0.15) is 19.2 Å². The molecule has 11 nitrogen and oxygen atoms in total. The van der Waals surface area contributed by atoms with E-state index in [0.29, 0.717) is 71.2 Å². The number of Topliss-reactive ketones (excluding diaryl/α,β-unsaturated/α-hetero) is 2. The molecule has 0 unspecified atom stereocenters. The Morgan fingerprint density at radius 3 is 1.54 bits per heavy atom. The van der Waals surface area contributed by atoms with E-state index in [2.05, 4.69) is 12.2 Å². The minimum absolute atomic E-state index is 0.0684. The van der Waals surface area contributed by atoms with E-state index in [1.807, 2.05) is 20.6 Å². The Labute approximate surface area is 317 Å². The number of carboxylic acid groups (broad SMARTS) is 1. The lowest BCUT2D eigenvalue weighted by atomic mass is 10.0. The van der Waals surface area contributed by atoms with E-state index < -0.39 is 5.97 Å². The Morgan fingerprint density at radius 1 is 0.558 bits per heavy atom. The van der Waals surface area contributed by atoms with Crippen LogP contribution < -0.4 is 5.32 Å². The molecule has 1 amide bonds. The van der Waals surface area contributed by atoms with E-state index in [1.165, 1.54) is 70.6 Å². The third kappa shape index (κ3) is 49.9. The molecule has 0 aromatic carbocycles. The number of rotatable bonds is 38. The summed E-state index contributed by atoms with van der Waals surface area (Å²) in [6.07, 6.45) is 24.2. The molecule has 2 N–H and O–H groups in total. The Balaban J connectivity index is -0.000000883. The fourth-order valence-electron chi connectivity index (χ4n) is 5.10. The maximum absolute atomic E-state index is 11.7. The van der Waals surface area contributed by atoms with Crippen LogP contribution >= 0.6 is 0 Å². The number of methoxy groups -OCH3 is 1. The number of ether oxygens (including phenoxy) is 4. The molecular formula is C41H79NO10. The van der Waals surface area contributed by atoms with E-state index in [9.17, 15) is 19.2 Å². The third-order valence-electron chi connectivity index (χ3n) is 8.34. The Morgan fingerprint density at radius 2 is 1.02 bits per heavy atom. The van der Waals surface area contributed by atoms with Gasteiger partial charge in [-0.25, -0.2) is 0 Å². The number of carboxylic acids is 1. The van der Waals surface area contributed by atoms with Crippen molar-refractivity contribution in [2.45, 2.75) is 168 Å². The van der Waals surface area contributed by atoms with Gasteiger partial charge >= 0.3 is 5.97 Å². The first kappa shape index (κ1) is 54.1. The molecule has 52 heavy (non-hydrogen) atoms. The molecule has 0 heterocycles. The van der Waals surface area contributed by atoms with Gasteiger partial charge in [0.25, 0.3) is 0 Å². The molecule has 0 bridgehead atoms. The standard InChI is InChI=1S/C21H40O3.C19H37NO6.CH2O/c1-19(2)20(22)17-15-13-11-9-7-5-3-4-6-8-10-12-14-16-18-21(23)24;1-3-4-9-19(22)20-10-12-25-15-16-26-17-18(21)8-6-5-7-11-24-14-13-23-2;1-2/h19H,3-18H2,1-2H3,(H,23,24);3-17H2,1-2H3,(H,20,22);1H2. The lowest BCUT2D eigenvalue weighted by molar-refractivity contribution is -0.137. The van der Waals surface area contributed by atoms with Crippen LogP contribution in [-0.4, -0.2) is 95.2 Å². The summed E-state index contributed by atoms with van der Waals surface area (Å²) < 4.78 is 20.9. The normalized spacial score (nSPS) is 10.6. The summed E-state index contributed by atoms with van der Waals surface area (Å²) in [5.74, 6) is 0.137. The summed E-state index contributed by atoms with van der Waals surface area (Å²) in [6.45, 7) is 11.9. The minimum atomic E-state index is -0.668.